The third kappa shape index (κ3) is 5.78. The summed E-state index contributed by atoms with van der Waals surface area (Å²) in [6.45, 7) is 4.54. The van der Waals surface area contributed by atoms with Gasteiger partial charge in [-0.1, -0.05) is 24.3 Å². The molecule has 2 aromatic rings. The fourth-order valence-corrected chi connectivity index (χ4v) is 5.22. The number of hydrogen-bond acceptors (Lipinski definition) is 4. The van der Waals surface area contributed by atoms with Crippen molar-refractivity contribution in [3.05, 3.63) is 65.5 Å². The second-order valence-corrected chi connectivity index (χ2v) is 10.4. The molecule has 2 aromatic carbocycles. The van der Waals surface area contributed by atoms with Crippen LogP contribution in [0.5, 0.6) is 0 Å². The van der Waals surface area contributed by atoms with E-state index >= 15 is 0 Å². The summed E-state index contributed by atoms with van der Waals surface area (Å²) in [6.07, 6.45) is 0.739. The van der Waals surface area contributed by atoms with Gasteiger partial charge in [-0.3, -0.25) is 9.59 Å². The number of amides is 2. The number of rotatable bonds is 7. The Bertz CT molecular complexity index is 1090. The van der Waals surface area contributed by atoms with E-state index in [-0.39, 0.29) is 41.8 Å². The van der Waals surface area contributed by atoms with E-state index in [2.05, 4.69) is 5.32 Å². The highest BCUT2D eigenvalue weighted by molar-refractivity contribution is 7.89. The van der Waals surface area contributed by atoms with Crippen molar-refractivity contribution in [2.75, 3.05) is 20.1 Å². The van der Waals surface area contributed by atoms with Gasteiger partial charge < -0.3 is 10.2 Å². The SMILES string of the molecule is CC(C)N(C)C(=O)c1ccc(CNC(=O)C2CCN(S(=O)(=O)c3ccccc3F)CC2)cc1. The van der Waals surface area contributed by atoms with Gasteiger partial charge in [-0.05, 0) is 56.5 Å². The first kappa shape index (κ1) is 24.9. The van der Waals surface area contributed by atoms with Gasteiger partial charge >= 0.3 is 0 Å². The van der Waals surface area contributed by atoms with E-state index in [9.17, 15) is 22.4 Å². The highest BCUT2D eigenvalue weighted by atomic mass is 32.2. The molecule has 0 bridgehead atoms. The van der Waals surface area contributed by atoms with E-state index in [1.165, 1.54) is 22.5 Å². The minimum Gasteiger partial charge on any atom is -0.352 e. The van der Waals surface area contributed by atoms with Gasteiger partial charge in [-0.25, -0.2) is 12.8 Å². The fraction of sp³-hybridized carbons (Fsp3) is 0.417. The number of hydrogen-bond donors (Lipinski definition) is 1. The van der Waals surface area contributed by atoms with Crippen molar-refractivity contribution in [1.82, 2.24) is 14.5 Å². The maximum absolute atomic E-state index is 14.0. The molecule has 2 amide bonds. The Morgan fingerprint density at radius 3 is 2.27 bits per heavy atom. The third-order valence-corrected chi connectivity index (χ3v) is 7.97. The molecule has 1 aliphatic heterocycles. The summed E-state index contributed by atoms with van der Waals surface area (Å²) in [5.74, 6) is -1.28. The highest BCUT2D eigenvalue weighted by Crippen LogP contribution is 2.25. The van der Waals surface area contributed by atoms with Gasteiger partial charge in [0.1, 0.15) is 10.7 Å². The molecular weight excluding hydrogens is 445 g/mol. The number of carbonyl (C=O) groups excluding carboxylic acids is 2. The third-order valence-electron chi connectivity index (χ3n) is 6.04. The molecule has 1 N–H and O–H groups in total. The smallest absolute Gasteiger partial charge is 0.253 e. The molecule has 1 saturated heterocycles. The lowest BCUT2D eigenvalue weighted by Gasteiger charge is -2.30. The Kier molecular flexibility index (Phi) is 7.86. The molecular formula is C24H30FN3O4S. The van der Waals surface area contributed by atoms with Crippen LogP contribution in [0.3, 0.4) is 0 Å². The summed E-state index contributed by atoms with van der Waals surface area (Å²) in [4.78, 5) is 26.3. The molecule has 1 aliphatic rings. The van der Waals surface area contributed by atoms with Crippen LogP contribution in [0.25, 0.3) is 0 Å². The van der Waals surface area contributed by atoms with Crippen molar-refractivity contribution in [1.29, 1.82) is 0 Å². The standard InChI is InChI=1S/C24H30FN3O4S/c1-17(2)27(3)24(30)20-10-8-18(9-11-20)16-26-23(29)19-12-14-28(15-13-19)33(31,32)22-7-5-4-6-21(22)25/h4-11,17,19H,12-16H2,1-3H3,(H,26,29). The summed E-state index contributed by atoms with van der Waals surface area (Å²) in [5, 5.41) is 2.89. The van der Waals surface area contributed by atoms with E-state index in [1.54, 1.807) is 24.1 Å². The summed E-state index contributed by atoms with van der Waals surface area (Å²) < 4.78 is 40.6. The number of sulfonamides is 1. The highest BCUT2D eigenvalue weighted by Gasteiger charge is 2.33. The van der Waals surface area contributed by atoms with Crippen molar-refractivity contribution in [2.45, 2.75) is 44.2 Å². The first-order chi connectivity index (χ1) is 15.6. The van der Waals surface area contributed by atoms with Gasteiger partial charge in [-0.15, -0.1) is 0 Å². The van der Waals surface area contributed by atoms with E-state index in [0.29, 0.717) is 24.9 Å². The topological polar surface area (TPSA) is 86.8 Å². The molecule has 9 heteroatoms. The van der Waals surface area contributed by atoms with Crippen molar-refractivity contribution >= 4 is 21.8 Å². The number of benzene rings is 2. The molecule has 0 spiro atoms. The number of nitrogens with zero attached hydrogens (tertiary/aromatic N) is 2. The summed E-state index contributed by atoms with van der Waals surface area (Å²) in [7, 11) is -2.17. The van der Waals surface area contributed by atoms with Crippen molar-refractivity contribution in [3.63, 3.8) is 0 Å². The Labute approximate surface area is 194 Å². The average molecular weight is 476 g/mol. The van der Waals surface area contributed by atoms with Crippen LogP contribution in [0.1, 0.15) is 42.6 Å². The Morgan fingerprint density at radius 1 is 1.09 bits per heavy atom. The van der Waals surface area contributed by atoms with Crippen molar-refractivity contribution in [2.24, 2.45) is 5.92 Å². The van der Waals surface area contributed by atoms with E-state index in [4.69, 9.17) is 0 Å². The van der Waals surface area contributed by atoms with Crippen LogP contribution in [-0.2, 0) is 21.4 Å². The minimum absolute atomic E-state index is 0.0577. The molecule has 33 heavy (non-hydrogen) atoms. The number of halogens is 1. The van der Waals surface area contributed by atoms with Crippen LogP contribution >= 0.6 is 0 Å². The zero-order chi connectivity index (χ0) is 24.2. The summed E-state index contributed by atoms with van der Waals surface area (Å²) in [5.41, 5.74) is 1.45. The Morgan fingerprint density at radius 2 is 1.70 bits per heavy atom. The molecule has 0 aromatic heterocycles. The molecule has 1 heterocycles. The van der Waals surface area contributed by atoms with E-state index in [0.717, 1.165) is 11.6 Å². The van der Waals surface area contributed by atoms with Crippen LogP contribution in [-0.4, -0.2) is 55.6 Å². The average Bonchev–Trinajstić information content (AvgIpc) is 2.82. The van der Waals surface area contributed by atoms with E-state index < -0.39 is 15.8 Å². The fourth-order valence-electron chi connectivity index (χ4n) is 3.69. The Balaban J connectivity index is 1.52. The molecule has 3 rings (SSSR count). The molecule has 1 fully saturated rings. The second-order valence-electron chi connectivity index (χ2n) is 8.53. The predicted molar refractivity (Wildman–Crippen MR) is 123 cm³/mol. The zero-order valence-electron chi connectivity index (χ0n) is 19.1. The van der Waals surface area contributed by atoms with Crippen LogP contribution in [0.15, 0.2) is 53.4 Å². The molecule has 0 saturated carbocycles. The van der Waals surface area contributed by atoms with Crippen molar-refractivity contribution in [3.8, 4) is 0 Å². The maximum atomic E-state index is 14.0. The molecule has 7 nitrogen and oxygen atoms in total. The zero-order valence-corrected chi connectivity index (χ0v) is 19.9. The van der Waals surface area contributed by atoms with Gasteiger partial charge in [0.25, 0.3) is 5.91 Å². The maximum Gasteiger partial charge on any atom is 0.253 e. The molecule has 0 radical (unpaired) electrons. The molecule has 178 valence electrons. The number of carbonyl (C=O) groups is 2. The lowest BCUT2D eigenvalue weighted by atomic mass is 9.97. The van der Waals surface area contributed by atoms with Crippen LogP contribution in [0.2, 0.25) is 0 Å². The van der Waals surface area contributed by atoms with Crippen LogP contribution < -0.4 is 5.32 Å². The lowest BCUT2D eigenvalue weighted by Crippen LogP contribution is -2.43. The number of nitrogens with one attached hydrogen (secondary N) is 1. The van der Waals surface area contributed by atoms with Crippen LogP contribution in [0, 0.1) is 11.7 Å². The van der Waals surface area contributed by atoms with Gasteiger partial charge in [0, 0.05) is 44.2 Å². The molecule has 0 aliphatic carbocycles. The monoisotopic (exact) mass is 475 g/mol. The van der Waals surface area contributed by atoms with E-state index in [1.807, 2.05) is 26.0 Å². The predicted octanol–water partition coefficient (Wildman–Crippen LogP) is 3.02. The van der Waals surface area contributed by atoms with Gasteiger partial charge in [-0.2, -0.15) is 4.31 Å². The second kappa shape index (κ2) is 10.4. The first-order valence-electron chi connectivity index (χ1n) is 11.0. The van der Waals surface area contributed by atoms with Crippen molar-refractivity contribution < 1.29 is 22.4 Å². The largest absolute Gasteiger partial charge is 0.352 e. The van der Waals surface area contributed by atoms with Crippen LogP contribution in [0.4, 0.5) is 4.39 Å². The molecule has 0 atom stereocenters. The summed E-state index contributed by atoms with van der Waals surface area (Å²) in [6, 6.07) is 12.5. The van der Waals surface area contributed by atoms with Gasteiger partial charge in [0.05, 0.1) is 0 Å². The first-order valence-corrected chi connectivity index (χ1v) is 12.4. The van der Waals surface area contributed by atoms with Gasteiger partial charge in [0.2, 0.25) is 15.9 Å². The quantitative estimate of drug-likeness (QED) is 0.667. The minimum atomic E-state index is -3.92. The normalized spacial score (nSPS) is 15.4. The Hall–Kier alpha value is -2.78. The van der Waals surface area contributed by atoms with Gasteiger partial charge in [0.15, 0.2) is 0 Å². The molecule has 0 unspecified atom stereocenters. The lowest BCUT2D eigenvalue weighted by molar-refractivity contribution is -0.126. The summed E-state index contributed by atoms with van der Waals surface area (Å²) >= 11 is 0. The number of piperidine rings is 1.